The number of rotatable bonds is 5. The standard InChI is InChI=1S/C21H17N5O2/c1-14(27)24-17-6-4-7-18(11-17)25-21(28)16-9-10-20(23-13-16)26-19-8-3-2-5-15(19)12-22/h2-11,13H,1H3,(H,23,26)(H,24,27)(H,25,28). The van der Waals surface area contributed by atoms with E-state index in [0.717, 1.165) is 0 Å². The summed E-state index contributed by atoms with van der Waals surface area (Å²) in [5.74, 6) is 0.0112. The Hall–Kier alpha value is -4.18. The molecule has 2 amide bonds. The van der Waals surface area contributed by atoms with Gasteiger partial charge in [0.15, 0.2) is 0 Å². The first-order valence-electron chi connectivity index (χ1n) is 8.46. The maximum absolute atomic E-state index is 12.4. The van der Waals surface area contributed by atoms with Gasteiger partial charge in [-0.15, -0.1) is 0 Å². The Morgan fingerprint density at radius 1 is 0.964 bits per heavy atom. The van der Waals surface area contributed by atoms with Crippen LogP contribution in [0.4, 0.5) is 22.9 Å². The van der Waals surface area contributed by atoms with Gasteiger partial charge >= 0.3 is 0 Å². The molecule has 28 heavy (non-hydrogen) atoms. The molecule has 138 valence electrons. The van der Waals surface area contributed by atoms with Crippen LogP contribution in [0.1, 0.15) is 22.8 Å². The van der Waals surface area contributed by atoms with Crippen molar-refractivity contribution < 1.29 is 9.59 Å². The molecule has 3 N–H and O–H groups in total. The third-order valence-corrected chi connectivity index (χ3v) is 3.78. The zero-order valence-corrected chi connectivity index (χ0v) is 15.1. The van der Waals surface area contributed by atoms with Crippen LogP contribution in [-0.4, -0.2) is 16.8 Å². The minimum atomic E-state index is -0.323. The zero-order valence-electron chi connectivity index (χ0n) is 15.1. The Morgan fingerprint density at radius 3 is 2.39 bits per heavy atom. The molecular formula is C21H17N5O2. The summed E-state index contributed by atoms with van der Waals surface area (Å²) in [4.78, 5) is 27.8. The van der Waals surface area contributed by atoms with E-state index in [1.807, 2.05) is 6.07 Å². The normalized spacial score (nSPS) is 9.86. The highest BCUT2D eigenvalue weighted by atomic mass is 16.2. The smallest absolute Gasteiger partial charge is 0.257 e. The molecule has 0 aliphatic rings. The molecular weight excluding hydrogens is 354 g/mol. The van der Waals surface area contributed by atoms with E-state index in [9.17, 15) is 9.59 Å². The number of carbonyl (C=O) groups is 2. The molecule has 1 heterocycles. The lowest BCUT2D eigenvalue weighted by atomic mass is 10.2. The van der Waals surface area contributed by atoms with Crippen molar-refractivity contribution in [2.24, 2.45) is 0 Å². The van der Waals surface area contributed by atoms with Crippen LogP contribution in [0.5, 0.6) is 0 Å². The summed E-state index contributed by atoms with van der Waals surface area (Å²) in [5.41, 5.74) is 2.68. The maximum atomic E-state index is 12.4. The Kier molecular flexibility index (Phi) is 5.63. The lowest BCUT2D eigenvalue weighted by molar-refractivity contribution is -0.114. The number of nitrogens with zero attached hydrogens (tertiary/aromatic N) is 2. The van der Waals surface area contributed by atoms with Gasteiger partial charge in [-0.1, -0.05) is 18.2 Å². The van der Waals surface area contributed by atoms with Gasteiger partial charge in [-0.3, -0.25) is 9.59 Å². The maximum Gasteiger partial charge on any atom is 0.257 e. The van der Waals surface area contributed by atoms with E-state index in [0.29, 0.717) is 34.0 Å². The van der Waals surface area contributed by atoms with Crippen molar-refractivity contribution in [3.63, 3.8) is 0 Å². The summed E-state index contributed by atoms with van der Waals surface area (Å²) < 4.78 is 0. The first kappa shape index (κ1) is 18.6. The van der Waals surface area contributed by atoms with Gasteiger partial charge in [-0.05, 0) is 42.5 Å². The second-order valence-electron chi connectivity index (χ2n) is 5.93. The van der Waals surface area contributed by atoms with Gasteiger partial charge in [0, 0.05) is 24.5 Å². The molecule has 1 aromatic heterocycles. The summed E-state index contributed by atoms with van der Waals surface area (Å²) in [6.45, 7) is 1.42. The lowest BCUT2D eigenvalue weighted by Gasteiger charge is -2.09. The minimum Gasteiger partial charge on any atom is -0.339 e. The Morgan fingerprint density at radius 2 is 1.71 bits per heavy atom. The van der Waals surface area contributed by atoms with Gasteiger partial charge in [0.25, 0.3) is 5.91 Å². The number of para-hydroxylation sites is 1. The Labute approximate surface area is 162 Å². The molecule has 0 aliphatic heterocycles. The highest BCUT2D eigenvalue weighted by molar-refractivity contribution is 6.04. The number of amides is 2. The monoisotopic (exact) mass is 371 g/mol. The molecule has 0 atom stereocenters. The van der Waals surface area contributed by atoms with Crippen molar-refractivity contribution in [3.05, 3.63) is 78.0 Å². The van der Waals surface area contributed by atoms with Crippen LogP contribution >= 0.6 is 0 Å². The van der Waals surface area contributed by atoms with E-state index in [1.165, 1.54) is 13.1 Å². The fourth-order valence-electron chi connectivity index (χ4n) is 2.51. The predicted octanol–water partition coefficient (Wildman–Crippen LogP) is 3.91. The van der Waals surface area contributed by atoms with Crippen molar-refractivity contribution in [3.8, 4) is 6.07 Å². The van der Waals surface area contributed by atoms with Crippen LogP contribution in [0.25, 0.3) is 0 Å². The molecule has 0 bridgehead atoms. The fourth-order valence-corrected chi connectivity index (χ4v) is 2.51. The fraction of sp³-hybridized carbons (Fsp3) is 0.0476. The third kappa shape index (κ3) is 4.71. The van der Waals surface area contributed by atoms with Gasteiger partial charge < -0.3 is 16.0 Å². The highest BCUT2D eigenvalue weighted by Gasteiger charge is 2.08. The second kappa shape index (κ2) is 8.47. The van der Waals surface area contributed by atoms with Gasteiger partial charge in [0.05, 0.1) is 16.8 Å². The summed E-state index contributed by atoms with van der Waals surface area (Å²) >= 11 is 0. The number of nitriles is 1. The van der Waals surface area contributed by atoms with Crippen molar-refractivity contribution in [1.29, 1.82) is 5.26 Å². The molecule has 0 radical (unpaired) electrons. The molecule has 3 aromatic rings. The van der Waals surface area contributed by atoms with Crippen LogP contribution in [0.15, 0.2) is 66.9 Å². The van der Waals surface area contributed by atoms with Gasteiger partial charge in [0.1, 0.15) is 11.9 Å². The summed E-state index contributed by atoms with van der Waals surface area (Å²) in [5, 5.41) is 17.6. The van der Waals surface area contributed by atoms with Crippen molar-refractivity contribution >= 4 is 34.7 Å². The van der Waals surface area contributed by atoms with Gasteiger partial charge in [-0.2, -0.15) is 5.26 Å². The van der Waals surface area contributed by atoms with E-state index in [4.69, 9.17) is 5.26 Å². The largest absolute Gasteiger partial charge is 0.339 e. The summed E-state index contributed by atoms with van der Waals surface area (Å²) in [6, 6.07) is 19.4. The molecule has 7 heteroatoms. The van der Waals surface area contributed by atoms with Crippen LogP contribution < -0.4 is 16.0 Å². The molecule has 0 spiro atoms. The third-order valence-electron chi connectivity index (χ3n) is 3.78. The SMILES string of the molecule is CC(=O)Nc1cccc(NC(=O)c2ccc(Nc3ccccc3C#N)nc2)c1. The number of benzene rings is 2. The van der Waals surface area contributed by atoms with Crippen LogP contribution in [-0.2, 0) is 4.79 Å². The van der Waals surface area contributed by atoms with E-state index in [-0.39, 0.29) is 11.8 Å². The number of aromatic nitrogens is 1. The molecule has 2 aromatic carbocycles. The predicted molar refractivity (Wildman–Crippen MR) is 107 cm³/mol. The number of hydrogen-bond acceptors (Lipinski definition) is 5. The zero-order chi connectivity index (χ0) is 19.9. The molecule has 7 nitrogen and oxygen atoms in total. The minimum absolute atomic E-state index is 0.186. The molecule has 3 rings (SSSR count). The van der Waals surface area contributed by atoms with Crippen molar-refractivity contribution in [1.82, 2.24) is 4.98 Å². The first-order valence-corrected chi connectivity index (χ1v) is 8.46. The number of carbonyl (C=O) groups excluding carboxylic acids is 2. The van der Waals surface area contributed by atoms with Crippen molar-refractivity contribution in [2.45, 2.75) is 6.92 Å². The number of hydrogen-bond donors (Lipinski definition) is 3. The van der Waals surface area contributed by atoms with E-state index in [2.05, 4.69) is 27.0 Å². The van der Waals surface area contributed by atoms with Crippen molar-refractivity contribution in [2.75, 3.05) is 16.0 Å². The highest BCUT2D eigenvalue weighted by Crippen LogP contribution is 2.20. The van der Waals surface area contributed by atoms with Crippen LogP contribution in [0.2, 0.25) is 0 Å². The van der Waals surface area contributed by atoms with E-state index < -0.39 is 0 Å². The average Bonchev–Trinajstić information content (AvgIpc) is 2.68. The topological polar surface area (TPSA) is 107 Å². The quantitative estimate of drug-likeness (QED) is 0.630. The molecule has 0 saturated carbocycles. The summed E-state index contributed by atoms with van der Waals surface area (Å²) in [7, 11) is 0. The van der Waals surface area contributed by atoms with Gasteiger partial charge in [-0.25, -0.2) is 4.98 Å². The molecule has 0 aliphatic carbocycles. The second-order valence-corrected chi connectivity index (χ2v) is 5.93. The van der Waals surface area contributed by atoms with Gasteiger partial charge in [0.2, 0.25) is 5.91 Å². The van der Waals surface area contributed by atoms with Crippen LogP contribution in [0.3, 0.4) is 0 Å². The number of pyridine rings is 1. The first-order chi connectivity index (χ1) is 13.5. The van der Waals surface area contributed by atoms with Crippen LogP contribution in [0, 0.1) is 11.3 Å². The Bertz CT molecular complexity index is 1050. The molecule has 0 saturated heterocycles. The number of nitrogens with one attached hydrogen (secondary N) is 3. The molecule has 0 unspecified atom stereocenters. The summed E-state index contributed by atoms with van der Waals surface area (Å²) in [6.07, 6.45) is 1.45. The molecule has 0 fully saturated rings. The van der Waals surface area contributed by atoms with E-state index >= 15 is 0 Å². The lowest BCUT2D eigenvalue weighted by Crippen LogP contribution is -2.13. The average molecular weight is 371 g/mol. The Balaban J connectivity index is 1.69. The van der Waals surface area contributed by atoms with E-state index in [1.54, 1.807) is 54.6 Å². The number of anilines is 4.